The van der Waals surface area contributed by atoms with E-state index < -0.39 is 11.9 Å². The van der Waals surface area contributed by atoms with Gasteiger partial charge in [-0.25, -0.2) is 4.79 Å². The molecule has 1 unspecified atom stereocenters. The molecule has 5 rings (SSSR count). The molecule has 172 valence electrons. The number of amides is 2. The number of aryl methyl sites for hydroxylation is 1. The summed E-state index contributed by atoms with van der Waals surface area (Å²) in [7, 11) is 1.75. The Bertz CT molecular complexity index is 1070. The quantitative estimate of drug-likeness (QED) is 0.738. The zero-order valence-corrected chi connectivity index (χ0v) is 18.9. The summed E-state index contributed by atoms with van der Waals surface area (Å²) in [5.41, 5.74) is 2.46. The first-order valence-electron chi connectivity index (χ1n) is 12.0. The summed E-state index contributed by atoms with van der Waals surface area (Å²) in [5, 5.41) is 2.37. The van der Waals surface area contributed by atoms with Crippen LogP contribution < -0.4 is 15.9 Å². The molecule has 8 heteroatoms. The fourth-order valence-corrected chi connectivity index (χ4v) is 5.70. The second-order valence-electron chi connectivity index (χ2n) is 9.64. The minimum absolute atomic E-state index is 0.219. The molecule has 3 heterocycles. The number of nitrogens with one attached hydrogen (secondary N) is 1. The second-order valence-corrected chi connectivity index (χ2v) is 9.64. The van der Waals surface area contributed by atoms with E-state index >= 15 is 0 Å². The summed E-state index contributed by atoms with van der Waals surface area (Å²) in [6.07, 6.45) is 7.56. The number of nitrogens with zero attached hydrogens (tertiary/aromatic N) is 4. The molecule has 2 aromatic rings. The van der Waals surface area contributed by atoms with Crippen LogP contribution in [0, 0.1) is 5.92 Å². The van der Waals surface area contributed by atoms with Crippen LogP contribution in [0.4, 0.5) is 5.69 Å². The number of imidazole rings is 1. The van der Waals surface area contributed by atoms with Gasteiger partial charge in [-0.1, -0.05) is 19.3 Å². The van der Waals surface area contributed by atoms with Gasteiger partial charge >= 0.3 is 5.69 Å². The number of piperazine rings is 1. The van der Waals surface area contributed by atoms with Crippen LogP contribution in [0.1, 0.15) is 51.0 Å². The van der Waals surface area contributed by atoms with Crippen LogP contribution in [0.2, 0.25) is 0 Å². The molecule has 3 aliphatic rings. The number of carbonyl (C=O) groups excluding carboxylic acids is 2. The predicted octanol–water partition coefficient (Wildman–Crippen LogP) is 2.02. The Balaban J connectivity index is 1.32. The molecule has 1 aliphatic carbocycles. The standard InChI is InChI=1S/C24H33N5O3/c1-26-21-15-18(28-13-11-27(12-14-28)16-17-5-3-2-4-6-17)7-8-19(21)29(24(26)32)20-9-10-22(30)25-23(20)31/h7-8,15,17,20H,2-6,9-14,16H2,1H3,(H,25,30,31). The number of hydrogen-bond acceptors (Lipinski definition) is 5. The van der Waals surface area contributed by atoms with E-state index in [1.54, 1.807) is 16.2 Å². The van der Waals surface area contributed by atoms with Crippen molar-refractivity contribution in [3.05, 3.63) is 28.7 Å². The van der Waals surface area contributed by atoms with Crippen molar-refractivity contribution in [1.82, 2.24) is 19.4 Å². The first kappa shape index (κ1) is 21.2. The highest BCUT2D eigenvalue weighted by Crippen LogP contribution is 2.28. The molecule has 2 saturated heterocycles. The number of rotatable bonds is 4. The van der Waals surface area contributed by atoms with Gasteiger partial charge in [0.2, 0.25) is 11.8 Å². The highest BCUT2D eigenvalue weighted by molar-refractivity contribution is 6.00. The minimum Gasteiger partial charge on any atom is -0.369 e. The smallest absolute Gasteiger partial charge is 0.329 e. The van der Waals surface area contributed by atoms with Crippen molar-refractivity contribution in [2.45, 2.75) is 51.0 Å². The molecule has 3 fully saturated rings. The van der Waals surface area contributed by atoms with Crippen LogP contribution in [0.5, 0.6) is 0 Å². The summed E-state index contributed by atoms with van der Waals surface area (Å²) in [5.74, 6) is 0.201. The van der Waals surface area contributed by atoms with Gasteiger partial charge in [-0.3, -0.25) is 28.9 Å². The molecule has 1 N–H and O–H groups in total. The molecule has 32 heavy (non-hydrogen) atoms. The van der Waals surface area contributed by atoms with E-state index in [-0.39, 0.29) is 18.0 Å². The number of benzene rings is 1. The molecule has 1 atom stereocenters. The van der Waals surface area contributed by atoms with Crippen molar-refractivity contribution < 1.29 is 9.59 Å². The van der Waals surface area contributed by atoms with Gasteiger partial charge in [0.1, 0.15) is 6.04 Å². The van der Waals surface area contributed by atoms with Gasteiger partial charge in [0.05, 0.1) is 11.0 Å². The van der Waals surface area contributed by atoms with Crippen molar-refractivity contribution in [3.63, 3.8) is 0 Å². The van der Waals surface area contributed by atoms with E-state index in [4.69, 9.17) is 0 Å². The Hall–Kier alpha value is -2.61. The zero-order chi connectivity index (χ0) is 22.2. The number of fused-ring (bicyclic) bond motifs is 1. The van der Waals surface area contributed by atoms with Gasteiger partial charge in [0.15, 0.2) is 0 Å². The van der Waals surface area contributed by atoms with Crippen LogP contribution in [0.3, 0.4) is 0 Å². The lowest BCUT2D eigenvalue weighted by molar-refractivity contribution is -0.135. The van der Waals surface area contributed by atoms with E-state index in [0.717, 1.165) is 48.8 Å². The maximum atomic E-state index is 13.0. The van der Waals surface area contributed by atoms with E-state index in [2.05, 4.69) is 27.2 Å². The third-order valence-electron chi connectivity index (χ3n) is 7.57. The molecule has 0 spiro atoms. The average molecular weight is 440 g/mol. The van der Waals surface area contributed by atoms with Crippen LogP contribution in [-0.2, 0) is 16.6 Å². The van der Waals surface area contributed by atoms with Gasteiger partial charge < -0.3 is 4.90 Å². The highest BCUT2D eigenvalue weighted by atomic mass is 16.2. The second kappa shape index (κ2) is 8.73. The Morgan fingerprint density at radius 1 is 0.938 bits per heavy atom. The lowest BCUT2D eigenvalue weighted by Gasteiger charge is -2.38. The molecule has 0 radical (unpaired) electrons. The van der Waals surface area contributed by atoms with E-state index in [1.807, 2.05) is 6.07 Å². The molecular weight excluding hydrogens is 406 g/mol. The number of carbonyl (C=O) groups is 2. The van der Waals surface area contributed by atoms with E-state index in [1.165, 1.54) is 38.6 Å². The molecule has 8 nitrogen and oxygen atoms in total. The Kier molecular flexibility index (Phi) is 5.80. The SMILES string of the molecule is Cn1c(=O)n(C2CCC(=O)NC2=O)c2ccc(N3CCN(CC4CCCCC4)CC3)cc21. The molecule has 0 bridgehead atoms. The minimum atomic E-state index is -0.641. The average Bonchev–Trinajstić information content (AvgIpc) is 3.05. The number of piperidine rings is 1. The van der Waals surface area contributed by atoms with Crippen molar-refractivity contribution in [2.24, 2.45) is 13.0 Å². The number of aromatic nitrogens is 2. The van der Waals surface area contributed by atoms with Crippen molar-refractivity contribution in [3.8, 4) is 0 Å². The summed E-state index contributed by atoms with van der Waals surface area (Å²) >= 11 is 0. The molecule has 1 saturated carbocycles. The fourth-order valence-electron chi connectivity index (χ4n) is 5.70. The predicted molar refractivity (Wildman–Crippen MR) is 124 cm³/mol. The third kappa shape index (κ3) is 3.96. The number of imide groups is 1. The Morgan fingerprint density at radius 2 is 1.69 bits per heavy atom. The Labute approximate surface area is 188 Å². The molecular formula is C24H33N5O3. The highest BCUT2D eigenvalue weighted by Gasteiger charge is 2.31. The van der Waals surface area contributed by atoms with Gasteiger partial charge in [-0.15, -0.1) is 0 Å². The fraction of sp³-hybridized carbons (Fsp3) is 0.625. The van der Waals surface area contributed by atoms with Gasteiger partial charge in [-0.2, -0.15) is 0 Å². The molecule has 1 aromatic heterocycles. The molecule has 1 aromatic carbocycles. The normalized spacial score (nSPS) is 23.7. The molecule has 2 aliphatic heterocycles. The molecule has 2 amide bonds. The largest absolute Gasteiger partial charge is 0.369 e. The lowest BCUT2D eigenvalue weighted by atomic mass is 9.89. The summed E-state index contributed by atoms with van der Waals surface area (Å²) in [4.78, 5) is 41.9. The van der Waals surface area contributed by atoms with Crippen LogP contribution in [0.15, 0.2) is 23.0 Å². The van der Waals surface area contributed by atoms with Gasteiger partial charge in [0, 0.05) is 51.9 Å². The van der Waals surface area contributed by atoms with Crippen LogP contribution in [0.25, 0.3) is 11.0 Å². The summed E-state index contributed by atoms with van der Waals surface area (Å²) in [6.45, 7) is 5.35. The third-order valence-corrected chi connectivity index (χ3v) is 7.57. The maximum absolute atomic E-state index is 13.0. The van der Waals surface area contributed by atoms with Crippen molar-refractivity contribution in [2.75, 3.05) is 37.6 Å². The van der Waals surface area contributed by atoms with Crippen LogP contribution >= 0.6 is 0 Å². The zero-order valence-electron chi connectivity index (χ0n) is 18.9. The van der Waals surface area contributed by atoms with Gasteiger partial charge in [-0.05, 0) is 43.4 Å². The lowest BCUT2D eigenvalue weighted by Crippen LogP contribution is -2.48. The number of hydrogen-bond donors (Lipinski definition) is 1. The van der Waals surface area contributed by atoms with Crippen LogP contribution in [-0.4, -0.2) is 58.6 Å². The first-order chi connectivity index (χ1) is 15.5. The topological polar surface area (TPSA) is 79.6 Å². The summed E-state index contributed by atoms with van der Waals surface area (Å²) in [6, 6.07) is 5.43. The first-order valence-corrected chi connectivity index (χ1v) is 12.0. The number of anilines is 1. The van der Waals surface area contributed by atoms with Crippen molar-refractivity contribution in [1.29, 1.82) is 0 Å². The monoisotopic (exact) mass is 439 g/mol. The summed E-state index contributed by atoms with van der Waals surface area (Å²) < 4.78 is 3.16. The maximum Gasteiger partial charge on any atom is 0.329 e. The van der Waals surface area contributed by atoms with Gasteiger partial charge in [0.25, 0.3) is 0 Å². The Morgan fingerprint density at radius 3 is 2.41 bits per heavy atom. The van der Waals surface area contributed by atoms with Crippen molar-refractivity contribution >= 4 is 28.5 Å². The van der Waals surface area contributed by atoms with E-state index in [0.29, 0.717) is 6.42 Å². The van der Waals surface area contributed by atoms with E-state index in [9.17, 15) is 14.4 Å².